The molecule has 0 spiro atoms. The van der Waals surface area contributed by atoms with Crippen molar-refractivity contribution in [1.29, 1.82) is 0 Å². The van der Waals surface area contributed by atoms with Gasteiger partial charge in [-0.3, -0.25) is 4.57 Å². The van der Waals surface area contributed by atoms with Gasteiger partial charge in [0, 0.05) is 7.05 Å². The molecule has 0 amide bonds. The second kappa shape index (κ2) is 4.36. The molecule has 1 aromatic carbocycles. The molecule has 0 aliphatic carbocycles. The summed E-state index contributed by atoms with van der Waals surface area (Å²) in [5, 5.41) is 4.99. The normalized spacial score (nSPS) is 11.8. The number of benzene rings is 1. The standard InChI is InChI=1S/C12H9ClN6S2/c1-5-8-11(18(2)15-5)19(12(20)14-8)10-6(13)3-4-7-9(10)17-21-16-7/h3-4H,1-2H3,(H,14,20). The fourth-order valence-corrected chi connectivity index (χ4v) is 3.60. The van der Waals surface area contributed by atoms with E-state index in [2.05, 4.69) is 18.8 Å². The number of rotatable bonds is 1. The smallest absolute Gasteiger partial charge is 0.184 e. The van der Waals surface area contributed by atoms with Gasteiger partial charge in [0.1, 0.15) is 16.6 Å². The molecule has 4 rings (SSSR count). The Balaban J connectivity index is 2.24. The van der Waals surface area contributed by atoms with Crippen molar-refractivity contribution in [2.75, 3.05) is 0 Å². The number of aromatic nitrogens is 6. The van der Waals surface area contributed by atoms with Gasteiger partial charge in [-0.15, -0.1) is 0 Å². The summed E-state index contributed by atoms with van der Waals surface area (Å²) in [5.41, 5.74) is 4.93. The maximum atomic E-state index is 6.41. The van der Waals surface area contributed by atoms with E-state index in [0.717, 1.165) is 45.3 Å². The van der Waals surface area contributed by atoms with Gasteiger partial charge in [-0.1, -0.05) is 11.6 Å². The number of halogens is 1. The Labute approximate surface area is 133 Å². The third-order valence-electron chi connectivity index (χ3n) is 3.41. The number of nitrogens with one attached hydrogen (secondary N) is 1. The third kappa shape index (κ3) is 1.69. The fraction of sp³-hybridized carbons (Fsp3) is 0.167. The quantitative estimate of drug-likeness (QED) is 0.541. The number of nitrogens with zero attached hydrogens (tertiary/aromatic N) is 5. The van der Waals surface area contributed by atoms with E-state index in [1.165, 1.54) is 0 Å². The summed E-state index contributed by atoms with van der Waals surface area (Å²) < 4.78 is 12.8. The number of hydrogen-bond acceptors (Lipinski definition) is 5. The molecule has 9 heteroatoms. The Morgan fingerprint density at radius 3 is 2.95 bits per heavy atom. The van der Waals surface area contributed by atoms with Gasteiger partial charge < -0.3 is 4.98 Å². The summed E-state index contributed by atoms with van der Waals surface area (Å²) in [4.78, 5) is 3.19. The van der Waals surface area contributed by atoms with Gasteiger partial charge in [-0.25, -0.2) is 4.68 Å². The van der Waals surface area contributed by atoms with Gasteiger partial charge >= 0.3 is 0 Å². The van der Waals surface area contributed by atoms with Crippen LogP contribution in [-0.4, -0.2) is 28.1 Å². The highest BCUT2D eigenvalue weighted by Crippen LogP contribution is 2.32. The van der Waals surface area contributed by atoms with Crippen molar-refractivity contribution in [3.8, 4) is 5.69 Å². The van der Waals surface area contributed by atoms with Gasteiger partial charge in [0.25, 0.3) is 0 Å². The van der Waals surface area contributed by atoms with E-state index in [1.54, 1.807) is 4.68 Å². The predicted molar refractivity (Wildman–Crippen MR) is 85.9 cm³/mol. The molecule has 106 valence electrons. The topological polar surface area (TPSA) is 64.3 Å². The van der Waals surface area contributed by atoms with Crippen molar-refractivity contribution in [3.05, 3.63) is 27.6 Å². The number of imidazole rings is 1. The van der Waals surface area contributed by atoms with Crippen LogP contribution in [0.3, 0.4) is 0 Å². The number of fused-ring (bicyclic) bond motifs is 2. The van der Waals surface area contributed by atoms with Crippen LogP contribution in [0.1, 0.15) is 5.69 Å². The van der Waals surface area contributed by atoms with Crippen LogP contribution in [0.25, 0.3) is 27.9 Å². The van der Waals surface area contributed by atoms with Crippen molar-refractivity contribution >= 4 is 57.7 Å². The first-order chi connectivity index (χ1) is 10.1. The highest BCUT2D eigenvalue weighted by molar-refractivity contribution is 7.71. The van der Waals surface area contributed by atoms with Crippen molar-refractivity contribution in [2.45, 2.75) is 6.92 Å². The molecular formula is C12H9ClN6S2. The number of aryl methyl sites for hydroxylation is 2. The van der Waals surface area contributed by atoms with Crippen molar-refractivity contribution in [3.63, 3.8) is 0 Å². The Morgan fingerprint density at radius 1 is 1.33 bits per heavy atom. The lowest BCUT2D eigenvalue weighted by Crippen LogP contribution is -2.02. The molecule has 1 N–H and O–H groups in total. The van der Waals surface area contributed by atoms with E-state index in [1.807, 2.05) is 30.7 Å². The predicted octanol–water partition coefficient (Wildman–Crippen LogP) is 3.39. The van der Waals surface area contributed by atoms with Crippen molar-refractivity contribution in [1.82, 2.24) is 28.1 Å². The Hall–Kier alpha value is -1.77. The van der Waals surface area contributed by atoms with Crippen molar-refractivity contribution < 1.29 is 0 Å². The number of H-pyrrole nitrogens is 1. The number of hydrogen-bond donors (Lipinski definition) is 1. The summed E-state index contributed by atoms with van der Waals surface area (Å²) in [5.74, 6) is 0. The molecule has 3 heterocycles. The number of aromatic amines is 1. The monoisotopic (exact) mass is 336 g/mol. The minimum atomic E-state index is 0.559. The molecule has 6 nitrogen and oxygen atoms in total. The minimum absolute atomic E-state index is 0.559. The lowest BCUT2D eigenvalue weighted by molar-refractivity contribution is 0.760. The van der Waals surface area contributed by atoms with E-state index < -0.39 is 0 Å². The van der Waals surface area contributed by atoms with E-state index in [9.17, 15) is 0 Å². The summed E-state index contributed by atoms with van der Waals surface area (Å²) in [7, 11) is 1.88. The van der Waals surface area contributed by atoms with E-state index in [-0.39, 0.29) is 0 Å². The fourth-order valence-electron chi connectivity index (χ4n) is 2.54. The van der Waals surface area contributed by atoms with Crippen LogP contribution in [-0.2, 0) is 7.05 Å². The first kappa shape index (κ1) is 12.9. The molecule has 4 aromatic rings. The second-order valence-electron chi connectivity index (χ2n) is 4.70. The molecule has 3 aromatic heterocycles. The van der Waals surface area contributed by atoms with Crippen LogP contribution in [0.4, 0.5) is 0 Å². The van der Waals surface area contributed by atoms with Crippen LogP contribution < -0.4 is 0 Å². The first-order valence-electron chi connectivity index (χ1n) is 6.13. The highest BCUT2D eigenvalue weighted by atomic mass is 35.5. The largest absolute Gasteiger partial charge is 0.327 e. The maximum absolute atomic E-state index is 6.41. The van der Waals surface area contributed by atoms with E-state index >= 15 is 0 Å². The minimum Gasteiger partial charge on any atom is -0.327 e. The molecule has 21 heavy (non-hydrogen) atoms. The summed E-state index contributed by atoms with van der Waals surface area (Å²) in [6.45, 7) is 1.94. The lowest BCUT2D eigenvalue weighted by atomic mass is 10.2. The van der Waals surface area contributed by atoms with Gasteiger partial charge in [0.2, 0.25) is 0 Å². The molecular weight excluding hydrogens is 328 g/mol. The van der Waals surface area contributed by atoms with Crippen LogP contribution in [0.2, 0.25) is 5.02 Å². The van der Waals surface area contributed by atoms with Crippen LogP contribution in [0, 0.1) is 11.7 Å². The summed E-state index contributed by atoms with van der Waals surface area (Å²) >= 11 is 13.0. The molecule has 0 bridgehead atoms. The van der Waals surface area contributed by atoms with Crippen molar-refractivity contribution in [2.24, 2.45) is 7.05 Å². The Morgan fingerprint density at radius 2 is 2.14 bits per heavy atom. The molecule has 0 radical (unpaired) electrons. The Bertz CT molecular complexity index is 1050. The molecule has 0 aliphatic heterocycles. The van der Waals surface area contributed by atoms with Crippen LogP contribution in [0.15, 0.2) is 12.1 Å². The first-order valence-corrected chi connectivity index (χ1v) is 7.65. The maximum Gasteiger partial charge on any atom is 0.184 e. The average molecular weight is 337 g/mol. The molecule has 0 saturated heterocycles. The zero-order valence-electron chi connectivity index (χ0n) is 11.1. The van der Waals surface area contributed by atoms with Crippen LogP contribution >= 0.6 is 35.5 Å². The van der Waals surface area contributed by atoms with E-state index in [4.69, 9.17) is 23.8 Å². The van der Waals surface area contributed by atoms with E-state index in [0.29, 0.717) is 9.79 Å². The summed E-state index contributed by atoms with van der Waals surface area (Å²) in [6, 6.07) is 3.66. The SMILES string of the molecule is Cc1nn(C)c2c1[nH]c(=S)n2-c1c(Cl)ccc2nsnc12. The van der Waals surface area contributed by atoms with Gasteiger partial charge in [-0.05, 0) is 31.3 Å². The lowest BCUT2D eigenvalue weighted by Gasteiger charge is -2.07. The highest BCUT2D eigenvalue weighted by Gasteiger charge is 2.19. The molecule has 0 saturated carbocycles. The Kier molecular flexibility index (Phi) is 2.69. The molecule has 0 atom stereocenters. The zero-order valence-corrected chi connectivity index (χ0v) is 13.5. The molecule has 0 unspecified atom stereocenters. The summed E-state index contributed by atoms with van der Waals surface area (Å²) in [6.07, 6.45) is 0. The average Bonchev–Trinajstić information content (AvgIpc) is 3.09. The van der Waals surface area contributed by atoms with Gasteiger partial charge in [0.05, 0.1) is 28.1 Å². The molecule has 0 aliphatic rings. The molecule has 0 fully saturated rings. The third-order valence-corrected chi connectivity index (χ3v) is 4.55. The zero-order chi connectivity index (χ0) is 14.7. The van der Waals surface area contributed by atoms with Crippen LogP contribution in [0.5, 0.6) is 0 Å². The van der Waals surface area contributed by atoms with Gasteiger partial charge in [0.15, 0.2) is 10.4 Å². The second-order valence-corrected chi connectivity index (χ2v) is 6.02. The van der Waals surface area contributed by atoms with Gasteiger partial charge in [-0.2, -0.15) is 13.8 Å².